The van der Waals surface area contributed by atoms with Gasteiger partial charge in [-0.3, -0.25) is 4.79 Å². The van der Waals surface area contributed by atoms with Crippen molar-refractivity contribution in [2.24, 2.45) is 16.7 Å². The van der Waals surface area contributed by atoms with Gasteiger partial charge < -0.3 is 0 Å². The van der Waals surface area contributed by atoms with Gasteiger partial charge in [0.25, 0.3) is 0 Å². The minimum absolute atomic E-state index is 0.0737. The van der Waals surface area contributed by atoms with Crippen LogP contribution in [0.15, 0.2) is 11.6 Å². The zero-order valence-corrected chi connectivity index (χ0v) is 11.1. The van der Waals surface area contributed by atoms with E-state index in [-0.39, 0.29) is 10.8 Å². The fourth-order valence-electron chi connectivity index (χ4n) is 3.62. The quantitative estimate of drug-likeness (QED) is 0.516. The van der Waals surface area contributed by atoms with Gasteiger partial charge in [0.15, 0.2) is 5.78 Å². The summed E-state index contributed by atoms with van der Waals surface area (Å²) in [5, 5.41) is 0. The summed E-state index contributed by atoms with van der Waals surface area (Å²) in [6.07, 6.45) is 8.05. The van der Waals surface area contributed by atoms with E-state index in [1.54, 1.807) is 0 Å². The first-order chi connectivity index (χ1) is 7.45. The molecule has 2 bridgehead atoms. The Morgan fingerprint density at radius 2 is 2.06 bits per heavy atom. The maximum Gasteiger partial charge on any atom is 0.165 e. The molecule has 1 heteroatoms. The summed E-state index contributed by atoms with van der Waals surface area (Å²) in [7, 11) is 0. The summed E-state index contributed by atoms with van der Waals surface area (Å²) >= 11 is 0. The van der Waals surface area contributed by atoms with E-state index in [0.717, 1.165) is 18.4 Å². The minimum Gasteiger partial charge on any atom is -0.294 e. The van der Waals surface area contributed by atoms with Crippen LogP contribution in [0.25, 0.3) is 0 Å². The fraction of sp³-hybridized carbons (Fsp3) is 0.800. The number of ketones is 1. The number of Topliss-reactive ketones (excluding diaryl/α,β-unsaturated/α-hetero) is 1. The molecule has 90 valence electrons. The third-order valence-electron chi connectivity index (χ3n) is 5.29. The Balaban J connectivity index is 2.26. The minimum atomic E-state index is -0.0737. The summed E-state index contributed by atoms with van der Waals surface area (Å²) in [6.45, 7) is 8.94. The van der Waals surface area contributed by atoms with Crippen LogP contribution in [-0.4, -0.2) is 5.78 Å². The smallest absolute Gasteiger partial charge is 0.165 e. The molecule has 1 nitrogen and oxygen atoms in total. The molecule has 0 aromatic rings. The Kier molecular flexibility index (Phi) is 2.76. The van der Waals surface area contributed by atoms with Gasteiger partial charge in [0.1, 0.15) is 0 Å². The van der Waals surface area contributed by atoms with E-state index in [9.17, 15) is 4.79 Å². The van der Waals surface area contributed by atoms with E-state index in [1.165, 1.54) is 19.3 Å². The van der Waals surface area contributed by atoms with Gasteiger partial charge in [0.2, 0.25) is 0 Å². The molecule has 0 radical (unpaired) electrons. The van der Waals surface area contributed by atoms with Crippen LogP contribution < -0.4 is 0 Å². The molecule has 0 amide bonds. The predicted molar refractivity (Wildman–Crippen MR) is 67.2 cm³/mol. The van der Waals surface area contributed by atoms with Crippen molar-refractivity contribution in [2.75, 3.05) is 0 Å². The lowest BCUT2D eigenvalue weighted by Crippen LogP contribution is -2.32. The second-order valence-electron chi connectivity index (χ2n) is 6.28. The van der Waals surface area contributed by atoms with E-state index in [4.69, 9.17) is 0 Å². The molecule has 0 aromatic heterocycles. The summed E-state index contributed by atoms with van der Waals surface area (Å²) in [4.78, 5) is 12.4. The topological polar surface area (TPSA) is 17.1 Å². The molecular weight excluding hydrogens is 196 g/mol. The molecule has 16 heavy (non-hydrogen) atoms. The van der Waals surface area contributed by atoms with Crippen LogP contribution >= 0.6 is 0 Å². The molecule has 0 aromatic carbocycles. The highest BCUT2D eigenvalue weighted by atomic mass is 16.1. The largest absolute Gasteiger partial charge is 0.294 e. The zero-order chi connectivity index (χ0) is 12.0. The maximum atomic E-state index is 12.4. The van der Waals surface area contributed by atoms with Crippen LogP contribution in [0.3, 0.4) is 0 Å². The highest BCUT2D eigenvalue weighted by Crippen LogP contribution is 2.65. The number of allylic oxidation sites excluding steroid dienone is 2. The highest BCUT2D eigenvalue weighted by Gasteiger charge is 2.63. The molecule has 2 saturated carbocycles. The molecule has 0 spiro atoms. The number of fused-ring (bicyclic) bond motifs is 2. The third-order valence-corrected chi connectivity index (χ3v) is 5.29. The normalized spacial score (nSPS) is 38.6. The number of carbonyl (C=O) groups is 1. The van der Waals surface area contributed by atoms with Crippen molar-refractivity contribution in [2.45, 2.75) is 59.8 Å². The first-order valence-electron chi connectivity index (χ1n) is 6.70. The Morgan fingerprint density at radius 3 is 2.56 bits per heavy atom. The van der Waals surface area contributed by atoms with Gasteiger partial charge >= 0.3 is 0 Å². The lowest BCUT2D eigenvalue weighted by Gasteiger charge is -2.31. The van der Waals surface area contributed by atoms with Crippen molar-refractivity contribution in [1.29, 1.82) is 0 Å². The fourth-order valence-corrected chi connectivity index (χ4v) is 3.62. The van der Waals surface area contributed by atoms with E-state index in [1.807, 2.05) is 0 Å². The molecule has 0 saturated heterocycles. The molecule has 0 aliphatic heterocycles. The van der Waals surface area contributed by atoms with Crippen LogP contribution in [0.5, 0.6) is 0 Å². The van der Waals surface area contributed by atoms with Crippen LogP contribution in [0.1, 0.15) is 59.8 Å². The number of unbranched alkanes of at least 4 members (excludes halogenated alkanes) is 2. The third kappa shape index (κ3) is 1.33. The number of rotatable bonds is 3. The average molecular weight is 220 g/mol. The van der Waals surface area contributed by atoms with Gasteiger partial charge in [-0.15, -0.1) is 0 Å². The Bertz CT molecular complexity index is 337. The van der Waals surface area contributed by atoms with E-state index in [0.29, 0.717) is 11.7 Å². The van der Waals surface area contributed by atoms with E-state index < -0.39 is 0 Å². The van der Waals surface area contributed by atoms with Crippen molar-refractivity contribution in [3.63, 3.8) is 0 Å². The molecule has 2 aliphatic carbocycles. The van der Waals surface area contributed by atoms with Crippen LogP contribution in [0.4, 0.5) is 0 Å². The molecule has 0 unspecified atom stereocenters. The number of carbonyl (C=O) groups excluding carboxylic acids is 1. The van der Waals surface area contributed by atoms with Crippen molar-refractivity contribution in [3.8, 4) is 0 Å². The average Bonchev–Trinajstić information content (AvgIpc) is 2.53. The van der Waals surface area contributed by atoms with Gasteiger partial charge in [0, 0.05) is 5.41 Å². The summed E-state index contributed by atoms with van der Waals surface area (Å²) in [6, 6.07) is 0. The lowest BCUT2D eigenvalue weighted by atomic mass is 9.70. The van der Waals surface area contributed by atoms with Gasteiger partial charge in [-0.2, -0.15) is 0 Å². The van der Waals surface area contributed by atoms with Crippen LogP contribution in [0, 0.1) is 16.7 Å². The summed E-state index contributed by atoms with van der Waals surface area (Å²) in [5.41, 5.74) is 1.27. The Hall–Kier alpha value is -0.590. The first kappa shape index (κ1) is 11.9. The summed E-state index contributed by atoms with van der Waals surface area (Å²) < 4.78 is 0. The SMILES string of the molecule is CCCC/C=C1/C(=O)[C@@]2(C)CC[C@@H]1C2(C)C. The standard InChI is InChI=1S/C15H24O/c1-5-6-7-8-11-12-9-10-15(4,13(11)16)14(12,2)3/h8,12H,5-7,9-10H2,1-4H3/b11-8+/t12-,15+/m0/s1. The molecule has 0 N–H and O–H groups in total. The van der Waals surface area contributed by atoms with Crippen molar-refractivity contribution in [1.82, 2.24) is 0 Å². The molecule has 2 aliphatic rings. The first-order valence-corrected chi connectivity index (χ1v) is 6.70. The van der Waals surface area contributed by atoms with Crippen molar-refractivity contribution < 1.29 is 4.79 Å². The van der Waals surface area contributed by atoms with Crippen molar-refractivity contribution in [3.05, 3.63) is 11.6 Å². The predicted octanol–water partition coefficient (Wildman–Crippen LogP) is 4.13. The molecule has 2 rings (SSSR count). The monoisotopic (exact) mass is 220 g/mol. The zero-order valence-electron chi connectivity index (χ0n) is 11.1. The van der Waals surface area contributed by atoms with Crippen molar-refractivity contribution >= 4 is 5.78 Å². The van der Waals surface area contributed by atoms with Gasteiger partial charge in [-0.25, -0.2) is 0 Å². The van der Waals surface area contributed by atoms with E-state index in [2.05, 4.69) is 33.8 Å². The lowest BCUT2D eigenvalue weighted by molar-refractivity contribution is -0.125. The molecular formula is C15H24O. The number of hydrogen-bond donors (Lipinski definition) is 0. The second kappa shape index (κ2) is 3.72. The molecule has 2 fully saturated rings. The Morgan fingerprint density at radius 1 is 1.38 bits per heavy atom. The molecule has 0 heterocycles. The van der Waals surface area contributed by atoms with Gasteiger partial charge in [-0.1, -0.05) is 46.6 Å². The van der Waals surface area contributed by atoms with Gasteiger partial charge in [0.05, 0.1) is 0 Å². The van der Waals surface area contributed by atoms with Gasteiger partial charge in [-0.05, 0) is 36.2 Å². The maximum absolute atomic E-state index is 12.4. The molecule has 2 atom stereocenters. The van der Waals surface area contributed by atoms with Crippen LogP contribution in [-0.2, 0) is 4.79 Å². The second-order valence-corrected chi connectivity index (χ2v) is 6.28. The highest BCUT2D eigenvalue weighted by molar-refractivity contribution is 6.04. The van der Waals surface area contributed by atoms with E-state index >= 15 is 0 Å². The van der Waals surface area contributed by atoms with Crippen LogP contribution in [0.2, 0.25) is 0 Å². The Labute approximate surface area is 99.3 Å². The summed E-state index contributed by atoms with van der Waals surface area (Å²) in [5.74, 6) is 0.978. The number of hydrogen-bond acceptors (Lipinski definition) is 1.